The SMILES string of the molecule is CC/C=C\C/C=C\C/C=C\C/C=C\CCCCCCCCCCCCCCCCC(=O)OCC(COC(=O)CCCCCCCCCCCCCCC)OC(=O)CCCCCCCCCCCCCCC/C=C\CCCCCCCCCC. The number of allylic oxidation sites excluding steroid dienone is 10. The third-order valence-corrected chi connectivity index (χ3v) is 16.5. The van der Waals surface area contributed by atoms with E-state index in [1.54, 1.807) is 0 Å². The van der Waals surface area contributed by atoms with Crippen molar-refractivity contribution < 1.29 is 28.6 Å². The number of esters is 3. The largest absolute Gasteiger partial charge is 0.462 e. The van der Waals surface area contributed by atoms with Crippen LogP contribution in [0.3, 0.4) is 0 Å². The number of hydrogen-bond donors (Lipinski definition) is 0. The van der Waals surface area contributed by atoms with Gasteiger partial charge < -0.3 is 14.2 Å². The highest BCUT2D eigenvalue weighted by molar-refractivity contribution is 5.71. The number of ether oxygens (including phenoxy) is 3. The maximum Gasteiger partial charge on any atom is 0.306 e. The van der Waals surface area contributed by atoms with Gasteiger partial charge in [0.25, 0.3) is 0 Å². The summed E-state index contributed by atoms with van der Waals surface area (Å²) in [5.74, 6) is -0.842. The zero-order valence-corrected chi connectivity index (χ0v) is 55.7. The van der Waals surface area contributed by atoms with E-state index in [1.807, 2.05) is 0 Å². The Balaban J connectivity index is 4.22. The fourth-order valence-electron chi connectivity index (χ4n) is 11.0. The van der Waals surface area contributed by atoms with Gasteiger partial charge in [-0.1, -0.05) is 351 Å². The minimum absolute atomic E-state index is 0.0683. The summed E-state index contributed by atoms with van der Waals surface area (Å²) < 4.78 is 17.0. The first kappa shape index (κ1) is 80.1. The number of carbonyl (C=O) groups is 3. The molecule has 83 heavy (non-hydrogen) atoms. The Hall–Kier alpha value is -2.89. The Labute approximate surface area is 517 Å². The Kier molecular flexibility index (Phi) is 69.1. The second-order valence-electron chi connectivity index (χ2n) is 24.8. The summed E-state index contributed by atoms with van der Waals surface area (Å²) >= 11 is 0. The third kappa shape index (κ3) is 69.8. The Morgan fingerprint density at radius 3 is 0.747 bits per heavy atom. The van der Waals surface area contributed by atoms with Crippen molar-refractivity contribution in [1.82, 2.24) is 0 Å². The van der Waals surface area contributed by atoms with E-state index in [-0.39, 0.29) is 31.1 Å². The first-order chi connectivity index (χ1) is 41.0. The zero-order chi connectivity index (χ0) is 59.9. The lowest BCUT2D eigenvalue weighted by Crippen LogP contribution is -2.30. The van der Waals surface area contributed by atoms with Gasteiger partial charge >= 0.3 is 17.9 Å². The molecule has 6 nitrogen and oxygen atoms in total. The Morgan fingerprint density at radius 1 is 0.253 bits per heavy atom. The molecule has 0 aliphatic rings. The van der Waals surface area contributed by atoms with Gasteiger partial charge in [0.05, 0.1) is 0 Å². The van der Waals surface area contributed by atoms with E-state index in [1.165, 1.54) is 270 Å². The van der Waals surface area contributed by atoms with E-state index >= 15 is 0 Å². The van der Waals surface area contributed by atoms with E-state index in [2.05, 4.69) is 81.5 Å². The Morgan fingerprint density at radius 2 is 0.470 bits per heavy atom. The summed E-state index contributed by atoms with van der Waals surface area (Å²) in [6.45, 7) is 6.60. The normalized spacial score (nSPS) is 12.4. The van der Waals surface area contributed by atoms with E-state index in [4.69, 9.17) is 14.2 Å². The molecule has 0 aromatic rings. The molecule has 0 bridgehead atoms. The van der Waals surface area contributed by atoms with E-state index in [9.17, 15) is 14.4 Å². The predicted molar refractivity (Wildman–Crippen MR) is 362 cm³/mol. The molecular formula is C77H140O6. The molecule has 1 unspecified atom stereocenters. The van der Waals surface area contributed by atoms with Gasteiger partial charge in [0.1, 0.15) is 13.2 Å². The molecular weight excluding hydrogens is 1020 g/mol. The van der Waals surface area contributed by atoms with Gasteiger partial charge in [-0.15, -0.1) is 0 Å². The van der Waals surface area contributed by atoms with Gasteiger partial charge in [-0.2, -0.15) is 0 Å². The van der Waals surface area contributed by atoms with Crippen LogP contribution in [0.1, 0.15) is 393 Å². The summed E-state index contributed by atoms with van der Waals surface area (Å²) in [6, 6.07) is 0. The molecule has 0 rings (SSSR count). The summed E-state index contributed by atoms with van der Waals surface area (Å²) in [7, 11) is 0. The quantitative estimate of drug-likeness (QED) is 0.0261. The fraction of sp³-hybridized carbons (Fsp3) is 0.831. The van der Waals surface area contributed by atoms with Crippen LogP contribution >= 0.6 is 0 Å². The molecule has 0 heterocycles. The van der Waals surface area contributed by atoms with Crippen LogP contribution in [0.2, 0.25) is 0 Å². The van der Waals surface area contributed by atoms with Crippen LogP contribution in [0.25, 0.3) is 0 Å². The molecule has 0 N–H and O–H groups in total. The molecule has 0 spiro atoms. The highest BCUT2D eigenvalue weighted by Crippen LogP contribution is 2.18. The lowest BCUT2D eigenvalue weighted by molar-refractivity contribution is -0.167. The van der Waals surface area contributed by atoms with Crippen molar-refractivity contribution in [2.75, 3.05) is 13.2 Å². The van der Waals surface area contributed by atoms with Crippen LogP contribution in [-0.4, -0.2) is 37.2 Å². The highest BCUT2D eigenvalue weighted by atomic mass is 16.6. The van der Waals surface area contributed by atoms with Crippen molar-refractivity contribution in [3.05, 3.63) is 60.8 Å². The van der Waals surface area contributed by atoms with Gasteiger partial charge in [-0.3, -0.25) is 14.4 Å². The molecule has 0 aromatic carbocycles. The molecule has 0 aliphatic carbocycles. The summed E-state index contributed by atoms with van der Waals surface area (Å²) in [4.78, 5) is 38.5. The van der Waals surface area contributed by atoms with Crippen LogP contribution in [0.5, 0.6) is 0 Å². The standard InChI is InChI=1S/C77H140O6/c1-4-7-10-13-16-19-22-25-27-29-31-33-35-37-38-40-41-43-45-47-49-52-55-58-61-64-67-70-76(79)82-73-74(72-81-75(78)69-66-63-60-57-54-51-24-21-18-15-12-9-6-3)83-77(80)71-68-65-62-59-56-53-50-48-46-44-42-39-36-34-32-30-28-26-23-20-17-14-11-8-5-2/h7,10,16,19,25,27,30-33,74H,4-6,8-9,11-15,17-18,20-24,26,28-29,34-73H2,1-3H3/b10-7-,19-16-,27-25-,32-30-,33-31-. The number of hydrogen-bond acceptors (Lipinski definition) is 6. The van der Waals surface area contributed by atoms with Crippen LogP contribution in [0.4, 0.5) is 0 Å². The summed E-state index contributed by atoms with van der Waals surface area (Å²) in [6.07, 6.45) is 92.6. The second kappa shape index (κ2) is 71.6. The van der Waals surface area contributed by atoms with Gasteiger partial charge in [-0.25, -0.2) is 0 Å². The van der Waals surface area contributed by atoms with Gasteiger partial charge in [0, 0.05) is 19.3 Å². The van der Waals surface area contributed by atoms with Crippen molar-refractivity contribution in [3.8, 4) is 0 Å². The second-order valence-corrected chi connectivity index (χ2v) is 24.8. The van der Waals surface area contributed by atoms with Crippen LogP contribution < -0.4 is 0 Å². The van der Waals surface area contributed by atoms with Crippen LogP contribution in [-0.2, 0) is 28.6 Å². The van der Waals surface area contributed by atoms with Gasteiger partial charge in [-0.05, 0) is 83.5 Å². The third-order valence-electron chi connectivity index (χ3n) is 16.5. The lowest BCUT2D eigenvalue weighted by Gasteiger charge is -2.18. The van der Waals surface area contributed by atoms with Crippen LogP contribution in [0.15, 0.2) is 60.8 Å². The first-order valence-electron chi connectivity index (χ1n) is 36.8. The van der Waals surface area contributed by atoms with E-state index < -0.39 is 6.10 Å². The van der Waals surface area contributed by atoms with Crippen molar-refractivity contribution in [1.29, 1.82) is 0 Å². The fourth-order valence-corrected chi connectivity index (χ4v) is 11.0. The lowest BCUT2D eigenvalue weighted by atomic mass is 10.0. The average Bonchev–Trinajstić information content (AvgIpc) is 3.49. The number of carbonyl (C=O) groups excluding carboxylic acids is 3. The molecule has 0 saturated heterocycles. The molecule has 6 heteroatoms. The average molecular weight is 1160 g/mol. The van der Waals surface area contributed by atoms with Crippen molar-refractivity contribution >= 4 is 17.9 Å². The van der Waals surface area contributed by atoms with Crippen molar-refractivity contribution in [3.63, 3.8) is 0 Å². The maximum atomic E-state index is 13.0. The molecule has 1 atom stereocenters. The molecule has 0 radical (unpaired) electrons. The highest BCUT2D eigenvalue weighted by Gasteiger charge is 2.19. The zero-order valence-electron chi connectivity index (χ0n) is 55.7. The molecule has 0 amide bonds. The smallest absolute Gasteiger partial charge is 0.306 e. The topological polar surface area (TPSA) is 78.9 Å². The minimum atomic E-state index is -0.773. The van der Waals surface area contributed by atoms with E-state index in [0.717, 1.165) is 83.5 Å². The molecule has 0 aromatic heterocycles. The van der Waals surface area contributed by atoms with E-state index in [0.29, 0.717) is 19.3 Å². The number of rotatable bonds is 68. The molecule has 0 aliphatic heterocycles. The van der Waals surface area contributed by atoms with Gasteiger partial charge in [0.2, 0.25) is 0 Å². The number of unbranched alkanes of at least 4 members (excludes halogenated alkanes) is 47. The van der Waals surface area contributed by atoms with Gasteiger partial charge in [0.15, 0.2) is 6.10 Å². The summed E-state index contributed by atoms with van der Waals surface area (Å²) in [5, 5.41) is 0. The monoisotopic (exact) mass is 1160 g/mol. The van der Waals surface area contributed by atoms with Crippen molar-refractivity contribution in [2.45, 2.75) is 399 Å². The van der Waals surface area contributed by atoms with Crippen LogP contribution in [0, 0.1) is 0 Å². The molecule has 484 valence electrons. The molecule has 0 fully saturated rings. The molecule has 0 saturated carbocycles. The maximum absolute atomic E-state index is 13.0. The first-order valence-corrected chi connectivity index (χ1v) is 36.8. The Bertz CT molecular complexity index is 1470. The summed E-state index contributed by atoms with van der Waals surface area (Å²) in [5.41, 5.74) is 0. The van der Waals surface area contributed by atoms with Crippen molar-refractivity contribution in [2.24, 2.45) is 0 Å². The predicted octanol–water partition coefficient (Wildman–Crippen LogP) is 25.5. The minimum Gasteiger partial charge on any atom is -0.462 e.